The van der Waals surface area contributed by atoms with Crippen molar-refractivity contribution >= 4 is 27.2 Å². The van der Waals surface area contributed by atoms with Gasteiger partial charge in [0.2, 0.25) is 0 Å². The lowest BCUT2D eigenvalue weighted by atomic mass is 9.97. The number of ketones is 1. The van der Waals surface area contributed by atoms with E-state index in [2.05, 4.69) is 0 Å². The molecule has 0 saturated carbocycles. The van der Waals surface area contributed by atoms with Gasteiger partial charge in [-0.2, -0.15) is 0 Å². The van der Waals surface area contributed by atoms with Crippen molar-refractivity contribution in [1.82, 2.24) is 0 Å². The summed E-state index contributed by atoms with van der Waals surface area (Å²) in [5.41, 5.74) is 2.23. The Morgan fingerprint density at radius 1 is 0.923 bits per heavy atom. The number of methoxy groups -OCH3 is 1. The van der Waals surface area contributed by atoms with E-state index in [-0.39, 0.29) is 11.5 Å². The Morgan fingerprint density at radius 3 is 2.31 bits per heavy atom. The maximum absolute atomic E-state index is 13.3. The molecule has 1 aromatic heterocycles. The van der Waals surface area contributed by atoms with Crippen molar-refractivity contribution in [2.75, 3.05) is 7.11 Å². The molecule has 26 heavy (non-hydrogen) atoms. The highest BCUT2D eigenvalue weighted by atomic mass is 32.1. The summed E-state index contributed by atoms with van der Waals surface area (Å²) < 4.78 is 6.30. The van der Waals surface area contributed by atoms with Gasteiger partial charge in [0.15, 0.2) is 5.78 Å². The van der Waals surface area contributed by atoms with E-state index in [1.54, 1.807) is 30.6 Å². The molecule has 1 heterocycles. The number of hydrogen-bond donors (Lipinski definition) is 1. The lowest BCUT2D eigenvalue weighted by Crippen LogP contribution is -2.01. The molecule has 0 radical (unpaired) electrons. The van der Waals surface area contributed by atoms with Crippen LogP contribution in [0.3, 0.4) is 0 Å². The van der Waals surface area contributed by atoms with E-state index in [9.17, 15) is 9.90 Å². The Morgan fingerprint density at radius 2 is 1.62 bits per heavy atom. The van der Waals surface area contributed by atoms with Gasteiger partial charge < -0.3 is 9.84 Å². The van der Waals surface area contributed by atoms with Crippen LogP contribution in [0.4, 0.5) is 0 Å². The summed E-state index contributed by atoms with van der Waals surface area (Å²) in [5, 5.41) is 10.4. The van der Waals surface area contributed by atoms with E-state index in [0.717, 1.165) is 26.3 Å². The van der Waals surface area contributed by atoms with Crippen LogP contribution in [0.15, 0.2) is 72.8 Å². The van der Waals surface area contributed by atoms with Gasteiger partial charge in [-0.05, 0) is 60.2 Å². The standard InChI is InChI=1S/C22H16O3S/c1-25-17-12-8-15(9-13-17)22-20(18-4-2-3-5-19(18)26-22)21(24)14-6-10-16(23)11-7-14/h2-13,23H,1H3. The van der Waals surface area contributed by atoms with E-state index in [0.29, 0.717) is 11.1 Å². The van der Waals surface area contributed by atoms with Gasteiger partial charge in [-0.15, -0.1) is 11.3 Å². The average molecular weight is 360 g/mol. The molecular weight excluding hydrogens is 344 g/mol. The Bertz CT molecular complexity index is 1080. The Balaban J connectivity index is 1.91. The number of phenolic OH excluding ortho intramolecular Hbond substituents is 1. The van der Waals surface area contributed by atoms with Gasteiger partial charge in [0, 0.05) is 26.1 Å². The second-order valence-electron chi connectivity index (χ2n) is 5.91. The number of thiophene rings is 1. The smallest absolute Gasteiger partial charge is 0.195 e. The van der Waals surface area contributed by atoms with Gasteiger partial charge in [-0.1, -0.05) is 18.2 Å². The molecule has 0 aliphatic heterocycles. The number of rotatable bonds is 4. The summed E-state index contributed by atoms with van der Waals surface area (Å²) in [7, 11) is 1.63. The largest absolute Gasteiger partial charge is 0.508 e. The fourth-order valence-electron chi connectivity index (χ4n) is 2.97. The highest BCUT2D eigenvalue weighted by molar-refractivity contribution is 7.22. The predicted octanol–water partition coefficient (Wildman–Crippen LogP) is 5.51. The second kappa shape index (κ2) is 6.65. The van der Waals surface area contributed by atoms with Crippen molar-refractivity contribution < 1.29 is 14.6 Å². The number of ether oxygens (including phenoxy) is 1. The fourth-order valence-corrected chi connectivity index (χ4v) is 4.18. The molecule has 128 valence electrons. The molecular formula is C22H16O3S. The van der Waals surface area contributed by atoms with Gasteiger partial charge in [-0.3, -0.25) is 4.79 Å². The SMILES string of the molecule is COc1ccc(-c2sc3ccccc3c2C(=O)c2ccc(O)cc2)cc1. The molecule has 0 atom stereocenters. The Kier molecular flexibility index (Phi) is 4.19. The summed E-state index contributed by atoms with van der Waals surface area (Å²) in [6, 6.07) is 22.0. The maximum Gasteiger partial charge on any atom is 0.195 e. The van der Waals surface area contributed by atoms with Gasteiger partial charge in [0.05, 0.1) is 7.11 Å². The molecule has 4 heteroatoms. The zero-order chi connectivity index (χ0) is 18.1. The van der Waals surface area contributed by atoms with Gasteiger partial charge in [0.25, 0.3) is 0 Å². The van der Waals surface area contributed by atoms with Gasteiger partial charge in [-0.25, -0.2) is 0 Å². The van der Waals surface area contributed by atoms with Crippen LogP contribution < -0.4 is 4.74 Å². The molecule has 4 rings (SSSR count). The number of aromatic hydroxyl groups is 1. The van der Waals surface area contributed by atoms with Crippen LogP contribution in [0.1, 0.15) is 15.9 Å². The van der Waals surface area contributed by atoms with Crippen molar-refractivity contribution in [2.24, 2.45) is 0 Å². The highest BCUT2D eigenvalue weighted by Gasteiger charge is 2.21. The topological polar surface area (TPSA) is 46.5 Å². The van der Waals surface area contributed by atoms with Crippen molar-refractivity contribution in [3.8, 4) is 21.9 Å². The minimum absolute atomic E-state index is 0.0479. The van der Waals surface area contributed by atoms with Crippen LogP contribution in [-0.2, 0) is 0 Å². The average Bonchev–Trinajstić information content (AvgIpc) is 3.07. The lowest BCUT2D eigenvalue weighted by molar-refractivity contribution is 0.104. The first-order valence-corrected chi connectivity index (χ1v) is 8.98. The first-order chi connectivity index (χ1) is 12.7. The zero-order valence-corrected chi connectivity index (χ0v) is 14.9. The lowest BCUT2D eigenvalue weighted by Gasteiger charge is -2.06. The first kappa shape index (κ1) is 16.4. The second-order valence-corrected chi connectivity index (χ2v) is 6.96. The van der Waals surface area contributed by atoms with Crippen LogP contribution in [0.25, 0.3) is 20.5 Å². The quantitative estimate of drug-likeness (QED) is 0.488. The third kappa shape index (κ3) is 2.85. The molecule has 0 bridgehead atoms. The highest BCUT2D eigenvalue weighted by Crippen LogP contribution is 2.40. The van der Waals surface area contributed by atoms with E-state index in [4.69, 9.17) is 4.74 Å². The van der Waals surface area contributed by atoms with Crippen LogP contribution in [0.5, 0.6) is 11.5 Å². The molecule has 0 fully saturated rings. The number of phenols is 1. The van der Waals surface area contributed by atoms with E-state index in [1.165, 1.54) is 12.1 Å². The summed E-state index contributed by atoms with van der Waals surface area (Å²) in [6.07, 6.45) is 0. The number of carbonyl (C=O) groups is 1. The fraction of sp³-hybridized carbons (Fsp3) is 0.0455. The number of fused-ring (bicyclic) bond motifs is 1. The van der Waals surface area contributed by atoms with Gasteiger partial charge in [0.1, 0.15) is 11.5 Å². The zero-order valence-electron chi connectivity index (χ0n) is 14.1. The van der Waals surface area contributed by atoms with E-state index in [1.807, 2.05) is 48.5 Å². The van der Waals surface area contributed by atoms with Crippen LogP contribution in [0, 0.1) is 0 Å². The van der Waals surface area contributed by atoms with Crippen LogP contribution >= 0.6 is 11.3 Å². The number of hydrogen-bond acceptors (Lipinski definition) is 4. The third-order valence-corrected chi connectivity index (χ3v) is 5.52. The molecule has 0 aliphatic carbocycles. The third-order valence-electron chi connectivity index (χ3n) is 4.30. The monoisotopic (exact) mass is 360 g/mol. The van der Waals surface area contributed by atoms with Gasteiger partial charge >= 0.3 is 0 Å². The summed E-state index contributed by atoms with van der Waals surface area (Å²) in [5.74, 6) is 0.877. The number of carbonyl (C=O) groups excluding carboxylic acids is 1. The molecule has 0 aliphatic rings. The minimum atomic E-state index is -0.0479. The van der Waals surface area contributed by atoms with E-state index >= 15 is 0 Å². The van der Waals surface area contributed by atoms with Crippen LogP contribution in [-0.4, -0.2) is 18.0 Å². The van der Waals surface area contributed by atoms with Crippen molar-refractivity contribution in [3.63, 3.8) is 0 Å². The van der Waals surface area contributed by atoms with Crippen molar-refractivity contribution in [3.05, 3.63) is 83.9 Å². The number of benzene rings is 3. The molecule has 1 N–H and O–H groups in total. The Hall–Kier alpha value is -3.11. The maximum atomic E-state index is 13.3. The molecule has 0 amide bonds. The summed E-state index contributed by atoms with van der Waals surface area (Å²) >= 11 is 1.61. The van der Waals surface area contributed by atoms with Crippen molar-refractivity contribution in [2.45, 2.75) is 0 Å². The minimum Gasteiger partial charge on any atom is -0.508 e. The molecule has 4 aromatic rings. The van der Waals surface area contributed by atoms with E-state index < -0.39 is 0 Å². The molecule has 0 saturated heterocycles. The normalized spacial score (nSPS) is 10.8. The Labute approximate surface area is 155 Å². The summed E-state index contributed by atoms with van der Waals surface area (Å²) in [4.78, 5) is 14.2. The molecule has 3 nitrogen and oxygen atoms in total. The van der Waals surface area contributed by atoms with Crippen molar-refractivity contribution in [1.29, 1.82) is 0 Å². The molecule has 0 unspecified atom stereocenters. The molecule has 0 spiro atoms. The first-order valence-electron chi connectivity index (χ1n) is 8.17. The van der Waals surface area contributed by atoms with Crippen LogP contribution in [0.2, 0.25) is 0 Å². The molecule has 3 aromatic carbocycles. The summed E-state index contributed by atoms with van der Waals surface area (Å²) in [6.45, 7) is 0. The predicted molar refractivity (Wildman–Crippen MR) is 105 cm³/mol.